The highest BCUT2D eigenvalue weighted by molar-refractivity contribution is 7.13. The van der Waals surface area contributed by atoms with Gasteiger partial charge in [-0.3, -0.25) is 0 Å². The quantitative estimate of drug-likeness (QED) is 0.778. The summed E-state index contributed by atoms with van der Waals surface area (Å²) < 4.78 is 5.35. The number of thiazole rings is 1. The molecule has 2 heterocycles. The Labute approximate surface area is 86.8 Å². The number of nitrogens with zero attached hydrogens (tertiary/aromatic N) is 2. The van der Waals surface area contributed by atoms with E-state index in [0.29, 0.717) is 5.92 Å². The fourth-order valence-electron chi connectivity index (χ4n) is 1.20. The van der Waals surface area contributed by atoms with E-state index in [1.807, 2.05) is 5.38 Å². The zero-order valence-electron chi connectivity index (χ0n) is 8.23. The molecule has 0 spiro atoms. The van der Waals surface area contributed by atoms with Gasteiger partial charge in [0, 0.05) is 18.0 Å². The van der Waals surface area contributed by atoms with Gasteiger partial charge in [-0.05, 0) is 5.92 Å². The summed E-state index contributed by atoms with van der Waals surface area (Å²) in [6.07, 6.45) is 4.33. The lowest BCUT2D eigenvalue weighted by atomic mass is 10.1. The summed E-state index contributed by atoms with van der Waals surface area (Å²) in [6, 6.07) is 0. The topological polar surface area (TPSA) is 38.9 Å². The smallest absolute Gasteiger partial charge is 0.194 e. The highest BCUT2D eigenvalue weighted by Crippen LogP contribution is 2.21. The monoisotopic (exact) mass is 208 g/mol. The molecule has 2 aromatic rings. The van der Waals surface area contributed by atoms with Crippen LogP contribution in [0.15, 0.2) is 22.3 Å². The summed E-state index contributed by atoms with van der Waals surface area (Å²) in [4.78, 5) is 8.55. The molecular formula is C10H12N2OS. The fraction of sp³-hybridized carbons (Fsp3) is 0.400. The second-order valence-corrected chi connectivity index (χ2v) is 4.46. The Balaban J connectivity index is 2.18. The Bertz CT molecular complexity index is 392. The zero-order valence-corrected chi connectivity index (χ0v) is 9.04. The van der Waals surface area contributed by atoms with E-state index in [4.69, 9.17) is 4.42 Å². The van der Waals surface area contributed by atoms with E-state index in [1.54, 1.807) is 23.8 Å². The normalized spacial score (nSPS) is 11.1. The molecule has 0 aromatic carbocycles. The number of hydrogen-bond donors (Lipinski definition) is 0. The SMILES string of the molecule is CC(C)Cc1nc(-c2nccs2)co1. The Morgan fingerprint density at radius 1 is 1.50 bits per heavy atom. The molecule has 0 bridgehead atoms. The minimum Gasteiger partial charge on any atom is -0.448 e. The van der Waals surface area contributed by atoms with Gasteiger partial charge in [0.15, 0.2) is 5.89 Å². The van der Waals surface area contributed by atoms with Gasteiger partial charge < -0.3 is 4.42 Å². The highest BCUT2D eigenvalue weighted by Gasteiger charge is 2.08. The van der Waals surface area contributed by atoms with Gasteiger partial charge >= 0.3 is 0 Å². The summed E-state index contributed by atoms with van der Waals surface area (Å²) in [5.74, 6) is 1.36. The highest BCUT2D eigenvalue weighted by atomic mass is 32.1. The van der Waals surface area contributed by atoms with Crippen molar-refractivity contribution in [3.63, 3.8) is 0 Å². The van der Waals surface area contributed by atoms with Crippen LogP contribution in [0, 0.1) is 5.92 Å². The van der Waals surface area contributed by atoms with E-state index < -0.39 is 0 Å². The maximum Gasteiger partial charge on any atom is 0.194 e. The van der Waals surface area contributed by atoms with Gasteiger partial charge in [-0.25, -0.2) is 9.97 Å². The molecule has 0 amide bonds. The van der Waals surface area contributed by atoms with Crippen molar-refractivity contribution in [1.29, 1.82) is 0 Å². The predicted molar refractivity (Wildman–Crippen MR) is 56.2 cm³/mol. The molecule has 3 nitrogen and oxygen atoms in total. The van der Waals surface area contributed by atoms with Crippen molar-refractivity contribution in [3.8, 4) is 10.7 Å². The second kappa shape index (κ2) is 3.92. The molecule has 2 rings (SSSR count). The average Bonchev–Trinajstić information content (AvgIpc) is 2.69. The van der Waals surface area contributed by atoms with E-state index in [-0.39, 0.29) is 0 Å². The molecule has 0 unspecified atom stereocenters. The Hall–Kier alpha value is -1.16. The summed E-state index contributed by atoms with van der Waals surface area (Å²) >= 11 is 1.57. The van der Waals surface area contributed by atoms with Crippen LogP contribution in [0.25, 0.3) is 10.7 Å². The molecule has 0 atom stereocenters. The first-order chi connectivity index (χ1) is 6.75. The van der Waals surface area contributed by atoms with Gasteiger partial charge in [-0.1, -0.05) is 13.8 Å². The third-order valence-electron chi connectivity index (χ3n) is 1.79. The number of aromatic nitrogens is 2. The van der Waals surface area contributed by atoms with E-state index in [0.717, 1.165) is 23.0 Å². The Kier molecular flexibility index (Phi) is 2.63. The first-order valence-electron chi connectivity index (χ1n) is 4.60. The standard InChI is InChI=1S/C10H12N2OS/c1-7(2)5-9-12-8(6-13-9)10-11-3-4-14-10/h3-4,6-7H,5H2,1-2H3. The number of rotatable bonds is 3. The lowest BCUT2D eigenvalue weighted by Crippen LogP contribution is -1.93. The lowest BCUT2D eigenvalue weighted by Gasteiger charge is -1.96. The van der Waals surface area contributed by atoms with Crippen LogP contribution in [0.2, 0.25) is 0 Å². The molecule has 4 heteroatoms. The van der Waals surface area contributed by atoms with Gasteiger partial charge in [0.1, 0.15) is 17.0 Å². The van der Waals surface area contributed by atoms with Crippen LogP contribution < -0.4 is 0 Å². The first-order valence-corrected chi connectivity index (χ1v) is 5.48. The van der Waals surface area contributed by atoms with Crippen molar-refractivity contribution in [2.45, 2.75) is 20.3 Å². The third kappa shape index (κ3) is 2.01. The Morgan fingerprint density at radius 2 is 2.36 bits per heavy atom. The van der Waals surface area contributed by atoms with Crippen molar-refractivity contribution in [1.82, 2.24) is 9.97 Å². The fourth-order valence-corrected chi connectivity index (χ4v) is 1.79. The molecule has 0 aliphatic rings. The Morgan fingerprint density at radius 3 is 3.00 bits per heavy atom. The van der Waals surface area contributed by atoms with Crippen LogP contribution >= 0.6 is 11.3 Å². The van der Waals surface area contributed by atoms with Crippen LogP contribution in [0.1, 0.15) is 19.7 Å². The molecule has 0 fully saturated rings. The number of hydrogen-bond acceptors (Lipinski definition) is 4. The number of oxazole rings is 1. The van der Waals surface area contributed by atoms with Crippen LogP contribution in [-0.4, -0.2) is 9.97 Å². The van der Waals surface area contributed by atoms with Gasteiger partial charge in [-0.15, -0.1) is 11.3 Å². The predicted octanol–water partition coefficient (Wildman–Crippen LogP) is 3.00. The van der Waals surface area contributed by atoms with Crippen LogP contribution in [0.5, 0.6) is 0 Å². The molecule has 2 aromatic heterocycles. The minimum atomic E-state index is 0.567. The van der Waals surface area contributed by atoms with Crippen LogP contribution in [0.3, 0.4) is 0 Å². The summed E-state index contributed by atoms with van der Waals surface area (Å²) in [5, 5.41) is 2.86. The van der Waals surface area contributed by atoms with Crippen LogP contribution in [0.4, 0.5) is 0 Å². The second-order valence-electron chi connectivity index (χ2n) is 3.56. The molecule has 0 N–H and O–H groups in total. The molecule has 0 saturated carbocycles. The van der Waals surface area contributed by atoms with Gasteiger partial charge in [0.25, 0.3) is 0 Å². The van der Waals surface area contributed by atoms with E-state index in [9.17, 15) is 0 Å². The molecule has 0 aliphatic carbocycles. The van der Waals surface area contributed by atoms with Crippen LogP contribution in [-0.2, 0) is 6.42 Å². The van der Waals surface area contributed by atoms with E-state index in [1.165, 1.54) is 0 Å². The van der Waals surface area contributed by atoms with E-state index in [2.05, 4.69) is 23.8 Å². The van der Waals surface area contributed by atoms with Crippen molar-refractivity contribution in [2.75, 3.05) is 0 Å². The van der Waals surface area contributed by atoms with Crippen molar-refractivity contribution in [3.05, 3.63) is 23.7 Å². The summed E-state index contributed by atoms with van der Waals surface area (Å²) in [7, 11) is 0. The molecule has 0 aliphatic heterocycles. The molecule has 0 radical (unpaired) electrons. The molecule has 0 saturated heterocycles. The van der Waals surface area contributed by atoms with E-state index >= 15 is 0 Å². The van der Waals surface area contributed by atoms with Gasteiger partial charge in [0.05, 0.1) is 0 Å². The average molecular weight is 208 g/mol. The van der Waals surface area contributed by atoms with Crippen molar-refractivity contribution < 1.29 is 4.42 Å². The van der Waals surface area contributed by atoms with Crippen molar-refractivity contribution in [2.24, 2.45) is 5.92 Å². The zero-order chi connectivity index (χ0) is 9.97. The maximum absolute atomic E-state index is 5.35. The minimum absolute atomic E-state index is 0.567. The maximum atomic E-state index is 5.35. The largest absolute Gasteiger partial charge is 0.448 e. The van der Waals surface area contributed by atoms with Gasteiger partial charge in [0.2, 0.25) is 0 Å². The summed E-state index contributed by atoms with van der Waals surface area (Å²) in [5.41, 5.74) is 0.843. The summed E-state index contributed by atoms with van der Waals surface area (Å²) in [6.45, 7) is 4.29. The molecule has 14 heavy (non-hydrogen) atoms. The molecule has 74 valence electrons. The third-order valence-corrected chi connectivity index (χ3v) is 2.58. The first kappa shape index (κ1) is 9.40. The van der Waals surface area contributed by atoms with Crippen molar-refractivity contribution >= 4 is 11.3 Å². The lowest BCUT2D eigenvalue weighted by molar-refractivity contribution is 0.458. The van der Waals surface area contributed by atoms with Gasteiger partial charge in [-0.2, -0.15) is 0 Å². The molecular weight excluding hydrogens is 196 g/mol.